The second kappa shape index (κ2) is 5.01. The van der Waals surface area contributed by atoms with E-state index >= 15 is 0 Å². The lowest BCUT2D eigenvalue weighted by Crippen LogP contribution is -1.98. The molecule has 0 aliphatic heterocycles. The molecule has 0 bridgehead atoms. The Kier molecular flexibility index (Phi) is 3.44. The molecule has 0 saturated heterocycles. The van der Waals surface area contributed by atoms with Gasteiger partial charge in [-0.3, -0.25) is 4.68 Å². The molecule has 0 fully saturated rings. The first kappa shape index (κ1) is 11.7. The van der Waals surface area contributed by atoms with Crippen LogP contribution in [-0.2, 0) is 18.2 Å². The zero-order valence-electron chi connectivity index (χ0n) is 10.2. The van der Waals surface area contributed by atoms with Crippen LogP contribution in [0, 0.1) is 0 Å². The van der Waals surface area contributed by atoms with Crippen LogP contribution in [-0.4, -0.2) is 23.5 Å². The number of aromatic nitrogens is 2. The van der Waals surface area contributed by atoms with Crippen molar-refractivity contribution in [2.45, 2.75) is 6.42 Å². The molecule has 0 aliphatic rings. The number of nitrogen functional groups attached to an aromatic ring is 1. The van der Waals surface area contributed by atoms with E-state index in [-0.39, 0.29) is 0 Å². The van der Waals surface area contributed by atoms with Gasteiger partial charge in [0.05, 0.1) is 12.3 Å². The van der Waals surface area contributed by atoms with Crippen LogP contribution in [0.2, 0.25) is 0 Å². The molecular weight excluding hydrogens is 214 g/mol. The van der Waals surface area contributed by atoms with Gasteiger partial charge in [0.15, 0.2) is 0 Å². The molecule has 0 amide bonds. The first-order chi connectivity index (χ1) is 8.24. The molecule has 0 saturated carbocycles. The SMILES string of the molecule is COCCc1nn(C)c(N)c1-c1ccccc1. The van der Waals surface area contributed by atoms with Gasteiger partial charge in [-0.05, 0) is 5.56 Å². The minimum Gasteiger partial charge on any atom is -0.384 e. The number of anilines is 1. The van der Waals surface area contributed by atoms with Crippen LogP contribution in [0.4, 0.5) is 5.82 Å². The third kappa shape index (κ3) is 2.31. The fourth-order valence-corrected chi connectivity index (χ4v) is 1.89. The predicted molar refractivity (Wildman–Crippen MR) is 68.6 cm³/mol. The van der Waals surface area contributed by atoms with Gasteiger partial charge in [0, 0.05) is 26.1 Å². The highest BCUT2D eigenvalue weighted by Crippen LogP contribution is 2.29. The molecule has 1 aromatic heterocycles. The molecule has 17 heavy (non-hydrogen) atoms. The summed E-state index contributed by atoms with van der Waals surface area (Å²) in [5.41, 5.74) is 9.17. The fourth-order valence-electron chi connectivity index (χ4n) is 1.89. The van der Waals surface area contributed by atoms with Gasteiger partial charge < -0.3 is 10.5 Å². The van der Waals surface area contributed by atoms with Gasteiger partial charge in [-0.25, -0.2) is 0 Å². The van der Waals surface area contributed by atoms with Crippen molar-refractivity contribution < 1.29 is 4.74 Å². The topological polar surface area (TPSA) is 53.1 Å². The van der Waals surface area contributed by atoms with E-state index < -0.39 is 0 Å². The van der Waals surface area contributed by atoms with Crippen LogP contribution < -0.4 is 5.73 Å². The van der Waals surface area contributed by atoms with Crippen LogP contribution in [0.25, 0.3) is 11.1 Å². The van der Waals surface area contributed by atoms with Crippen LogP contribution in [0.1, 0.15) is 5.69 Å². The van der Waals surface area contributed by atoms with E-state index in [0.29, 0.717) is 12.4 Å². The Balaban J connectivity index is 2.44. The van der Waals surface area contributed by atoms with Crippen LogP contribution >= 0.6 is 0 Å². The summed E-state index contributed by atoms with van der Waals surface area (Å²) >= 11 is 0. The Morgan fingerprint density at radius 3 is 2.65 bits per heavy atom. The summed E-state index contributed by atoms with van der Waals surface area (Å²) in [5.74, 6) is 0.697. The normalized spacial score (nSPS) is 10.7. The summed E-state index contributed by atoms with van der Waals surface area (Å²) in [5, 5.41) is 4.44. The zero-order valence-corrected chi connectivity index (χ0v) is 10.2. The molecule has 2 rings (SSSR count). The Labute approximate surface area is 101 Å². The molecule has 0 unspecified atom stereocenters. The average molecular weight is 231 g/mol. The summed E-state index contributed by atoms with van der Waals surface area (Å²) in [6, 6.07) is 10.1. The van der Waals surface area contributed by atoms with Crippen molar-refractivity contribution in [2.75, 3.05) is 19.5 Å². The molecule has 0 aliphatic carbocycles. The second-order valence-corrected chi connectivity index (χ2v) is 3.94. The number of hydrogen-bond donors (Lipinski definition) is 1. The highest BCUT2D eigenvalue weighted by molar-refractivity contribution is 5.76. The minimum atomic E-state index is 0.649. The van der Waals surface area contributed by atoms with Gasteiger partial charge in [0.1, 0.15) is 5.82 Å². The van der Waals surface area contributed by atoms with E-state index in [2.05, 4.69) is 5.10 Å². The molecule has 2 N–H and O–H groups in total. The van der Waals surface area contributed by atoms with Crippen molar-refractivity contribution in [3.8, 4) is 11.1 Å². The predicted octanol–water partition coefficient (Wildman–Crippen LogP) is 1.86. The van der Waals surface area contributed by atoms with Crippen LogP contribution in [0.15, 0.2) is 30.3 Å². The van der Waals surface area contributed by atoms with E-state index in [0.717, 1.165) is 23.2 Å². The quantitative estimate of drug-likeness (QED) is 0.873. The van der Waals surface area contributed by atoms with Crippen LogP contribution in [0.5, 0.6) is 0 Å². The number of nitrogens with zero attached hydrogens (tertiary/aromatic N) is 2. The molecule has 0 radical (unpaired) electrons. The number of benzene rings is 1. The third-order valence-electron chi connectivity index (χ3n) is 2.77. The smallest absolute Gasteiger partial charge is 0.129 e. The van der Waals surface area contributed by atoms with Crippen molar-refractivity contribution in [3.05, 3.63) is 36.0 Å². The maximum atomic E-state index is 6.07. The molecular formula is C13H17N3O. The van der Waals surface area contributed by atoms with Gasteiger partial charge in [-0.2, -0.15) is 5.10 Å². The number of ether oxygens (including phenoxy) is 1. The standard InChI is InChI=1S/C13H17N3O/c1-16-13(14)12(10-6-4-3-5-7-10)11(15-16)8-9-17-2/h3-7H,8-9,14H2,1-2H3. The molecule has 90 valence electrons. The Morgan fingerprint density at radius 1 is 1.29 bits per heavy atom. The number of nitrogens with two attached hydrogens (primary N) is 1. The van der Waals surface area contributed by atoms with Crippen molar-refractivity contribution in [3.63, 3.8) is 0 Å². The van der Waals surface area contributed by atoms with Gasteiger partial charge in [0.25, 0.3) is 0 Å². The molecule has 1 heterocycles. The average Bonchev–Trinajstić information content (AvgIpc) is 2.64. The van der Waals surface area contributed by atoms with Crippen molar-refractivity contribution >= 4 is 5.82 Å². The molecule has 0 spiro atoms. The largest absolute Gasteiger partial charge is 0.384 e. The van der Waals surface area contributed by atoms with Gasteiger partial charge in [-0.15, -0.1) is 0 Å². The molecule has 4 heteroatoms. The van der Waals surface area contributed by atoms with E-state index in [1.165, 1.54) is 0 Å². The summed E-state index contributed by atoms with van der Waals surface area (Å²) in [6.07, 6.45) is 0.770. The fraction of sp³-hybridized carbons (Fsp3) is 0.308. The lowest BCUT2D eigenvalue weighted by Gasteiger charge is -2.03. The Bertz CT molecular complexity index is 491. The molecule has 0 atom stereocenters. The molecule has 4 nitrogen and oxygen atoms in total. The van der Waals surface area contributed by atoms with Gasteiger partial charge in [-0.1, -0.05) is 30.3 Å². The monoisotopic (exact) mass is 231 g/mol. The van der Waals surface area contributed by atoms with Crippen LogP contribution in [0.3, 0.4) is 0 Å². The number of aryl methyl sites for hydroxylation is 1. The van der Waals surface area contributed by atoms with E-state index in [9.17, 15) is 0 Å². The second-order valence-electron chi connectivity index (χ2n) is 3.94. The lowest BCUT2D eigenvalue weighted by atomic mass is 10.0. The summed E-state index contributed by atoms with van der Waals surface area (Å²) < 4.78 is 6.81. The Hall–Kier alpha value is -1.81. The van der Waals surface area contributed by atoms with Gasteiger partial charge >= 0.3 is 0 Å². The number of rotatable bonds is 4. The van der Waals surface area contributed by atoms with Gasteiger partial charge in [0.2, 0.25) is 0 Å². The molecule has 2 aromatic rings. The maximum absolute atomic E-state index is 6.07. The van der Waals surface area contributed by atoms with E-state index in [4.69, 9.17) is 10.5 Å². The Morgan fingerprint density at radius 2 is 2.00 bits per heavy atom. The zero-order chi connectivity index (χ0) is 12.3. The van der Waals surface area contributed by atoms with Crippen molar-refractivity contribution in [2.24, 2.45) is 7.05 Å². The highest BCUT2D eigenvalue weighted by atomic mass is 16.5. The summed E-state index contributed by atoms with van der Waals surface area (Å²) in [6.45, 7) is 0.649. The van der Waals surface area contributed by atoms with E-state index in [1.807, 2.05) is 37.4 Å². The first-order valence-electron chi connectivity index (χ1n) is 5.59. The maximum Gasteiger partial charge on any atom is 0.129 e. The third-order valence-corrected chi connectivity index (χ3v) is 2.77. The lowest BCUT2D eigenvalue weighted by molar-refractivity contribution is 0.201. The highest BCUT2D eigenvalue weighted by Gasteiger charge is 2.14. The summed E-state index contributed by atoms with van der Waals surface area (Å²) in [4.78, 5) is 0. The first-order valence-corrected chi connectivity index (χ1v) is 5.59. The van der Waals surface area contributed by atoms with Crippen molar-refractivity contribution in [1.29, 1.82) is 0 Å². The molecule has 1 aromatic carbocycles. The number of hydrogen-bond acceptors (Lipinski definition) is 3. The van der Waals surface area contributed by atoms with Crippen molar-refractivity contribution in [1.82, 2.24) is 9.78 Å². The summed E-state index contributed by atoms with van der Waals surface area (Å²) in [7, 11) is 3.55. The minimum absolute atomic E-state index is 0.649. The van der Waals surface area contributed by atoms with E-state index in [1.54, 1.807) is 11.8 Å². The number of methoxy groups -OCH3 is 1.